The van der Waals surface area contributed by atoms with Gasteiger partial charge in [0.1, 0.15) is 0 Å². The highest BCUT2D eigenvalue weighted by atomic mass is 16.6. The van der Waals surface area contributed by atoms with E-state index in [1.807, 2.05) is 30.3 Å². The van der Waals surface area contributed by atoms with Gasteiger partial charge in [-0.05, 0) is 53.4 Å². The van der Waals surface area contributed by atoms with Gasteiger partial charge in [0, 0.05) is 36.6 Å². The van der Waals surface area contributed by atoms with Crippen LogP contribution in [0.25, 0.3) is 16.6 Å². The standard InChI is InChI=1S/C38H35N5O7/c1-24(8-6-15-35(45)40-22-27-11-3-2-10-26(27)19-30(40)23-44)38(48)32-20-29(43(49)50)16-17-34(32)41(37(38)47)21-25-9-7-12-28(18-25)42-36(46)31-13-4-5-14-33(31)39-42/h2-14,16-18,20,24,30,39,44,48H,15,19,21-23H2,1H3/b8-6+/t24-,30+,38+/m1/s1. The molecule has 0 fully saturated rings. The molecule has 0 spiro atoms. The number of nitrogens with zero attached hydrogens (tertiary/aromatic N) is 4. The van der Waals surface area contributed by atoms with Gasteiger partial charge in [-0.1, -0.05) is 67.6 Å². The minimum Gasteiger partial charge on any atom is -0.394 e. The minimum atomic E-state index is -2.16. The van der Waals surface area contributed by atoms with Crippen LogP contribution in [0.1, 0.15) is 35.6 Å². The zero-order valence-electron chi connectivity index (χ0n) is 27.2. The van der Waals surface area contributed by atoms with Crippen LogP contribution in [0.3, 0.4) is 0 Å². The fourth-order valence-corrected chi connectivity index (χ4v) is 7.09. The Morgan fingerprint density at radius 3 is 2.56 bits per heavy atom. The lowest BCUT2D eigenvalue weighted by Gasteiger charge is -2.36. The third kappa shape index (κ3) is 5.57. The normalized spacial score (nSPS) is 19.2. The molecular formula is C38H35N5O7. The molecule has 3 atom stereocenters. The van der Waals surface area contributed by atoms with Crippen molar-refractivity contribution >= 4 is 34.1 Å². The summed E-state index contributed by atoms with van der Waals surface area (Å²) in [6.07, 6.45) is 3.68. The van der Waals surface area contributed by atoms with Crippen molar-refractivity contribution in [2.45, 2.75) is 44.5 Å². The monoisotopic (exact) mass is 673 g/mol. The molecule has 3 heterocycles. The molecule has 0 unspecified atom stereocenters. The first-order valence-electron chi connectivity index (χ1n) is 16.4. The van der Waals surface area contributed by atoms with Crippen molar-refractivity contribution in [1.29, 1.82) is 0 Å². The average Bonchev–Trinajstić information content (AvgIpc) is 3.58. The summed E-state index contributed by atoms with van der Waals surface area (Å²) in [5.74, 6) is -1.75. The van der Waals surface area contributed by atoms with Crippen molar-refractivity contribution in [2.75, 3.05) is 11.5 Å². The average molecular weight is 674 g/mol. The quantitative estimate of drug-likeness (QED) is 0.118. The number of carbonyl (C=O) groups is 2. The molecular weight excluding hydrogens is 638 g/mol. The van der Waals surface area contributed by atoms with Gasteiger partial charge in [-0.25, -0.2) is 4.68 Å². The number of aliphatic hydroxyl groups is 2. The maximum absolute atomic E-state index is 14.2. The topological polar surface area (TPSA) is 162 Å². The highest BCUT2D eigenvalue weighted by Crippen LogP contribution is 2.47. The van der Waals surface area contributed by atoms with Gasteiger partial charge in [0.25, 0.3) is 17.2 Å². The summed E-state index contributed by atoms with van der Waals surface area (Å²) in [5, 5.41) is 37.5. The van der Waals surface area contributed by atoms with Gasteiger partial charge in [-0.3, -0.25) is 29.6 Å². The summed E-state index contributed by atoms with van der Waals surface area (Å²) in [6, 6.07) is 25.6. The number of non-ortho nitro benzene ring substituents is 1. The lowest BCUT2D eigenvalue weighted by atomic mass is 9.82. The van der Waals surface area contributed by atoms with Crippen LogP contribution in [-0.2, 0) is 34.7 Å². The number of hydrogen-bond acceptors (Lipinski definition) is 7. The number of aromatic amines is 1. The van der Waals surface area contributed by atoms with Gasteiger partial charge in [0.2, 0.25) is 5.91 Å². The Labute approximate surface area is 286 Å². The van der Waals surface area contributed by atoms with Crippen molar-refractivity contribution in [3.05, 3.63) is 146 Å². The van der Waals surface area contributed by atoms with Crippen LogP contribution in [0.15, 0.2) is 108 Å². The van der Waals surface area contributed by atoms with Gasteiger partial charge in [-0.2, -0.15) is 0 Å². The van der Waals surface area contributed by atoms with Gasteiger partial charge in [0.05, 0.1) is 46.4 Å². The summed E-state index contributed by atoms with van der Waals surface area (Å²) < 4.78 is 1.42. The summed E-state index contributed by atoms with van der Waals surface area (Å²) >= 11 is 0. The molecule has 0 saturated carbocycles. The number of amides is 2. The van der Waals surface area contributed by atoms with E-state index in [0.717, 1.165) is 11.1 Å². The van der Waals surface area contributed by atoms with Crippen LogP contribution < -0.4 is 10.5 Å². The van der Waals surface area contributed by atoms with Gasteiger partial charge >= 0.3 is 0 Å². The smallest absolute Gasteiger partial charge is 0.279 e. The molecule has 4 aromatic carbocycles. The molecule has 12 heteroatoms. The Hall–Kier alpha value is -5.85. The number of carbonyl (C=O) groups excluding carboxylic acids is 2. The number of nitro groups is 1. The van der Waals surface area contributed by atoms with E-state index in [1.165, 1.54) is 27.8 Å². The van der Waals surface area contributed by atoms with E-state index in [1.54, 1.807) is 66.4 Å². The Morgan fingerprint density at radius 1 is 1.04 bits per heavy atom. The first-order valence-corrected chi connectivity index (χ1v) is 16.4. The molecule has 0 bridgehead atoms. The lowest BCUT2D eigenvalue weighted by Crippen LogP contribution is -2.46. The molecule has 5 aromatic rings. The largest absolute Gasteiger partial charge is 0.394 e. The number of nitrogens with one attached hydrogen (secondary N) is 1. The lowest BCUT2D eigenvalue weighted by molar-refractivity contribution is -0.385. The van der Waals surface area contributed by atoms with Gasteiger partial charge in [-0.15, -0.1) is 0 Å². The van der Waals surface area contributed by atoms with Crippen molar-refractivity contribution in [1.82, 2.24) is 14.7 Å². The number of H-pyrrole nitrogens is 1. The second kappa shape index (κ2) is 12.9. The Bertz CT molecular complexity index is 2240. The first kappa shape index (κ1) is 32.7. The Balaban J connectivity index is 1.15. The summed E-state index contributed by atoms with van der Waals surface area (Å²) in [6.45, 7) is 1.83. The summed E-state index contributed by atoms with van der Waals surface area (Å²) in [5.41, 5.74) is 1.76. The number of rotatable bonds is 9. The predicted molar refractivity (Wildman–Crippen MR) is 187 cm³/mol. The van der Waals surface area contributed by atoms with E-state index >= 15 is 0 Å². The van der Waals surface area contributed by atoms with Crippen molar-refractivity contribution in [2.24, 2.45) is 5.92 Å². The van der Waals surface area contributed by atoms with Crippen LogP contribution >= 0.6 is 0 Å². The van der Waals surface area contributed by atoms with Crippen LogP contribution in [0.2, 0.25) is 0 Å². The molecule has 2 aliphatic heterocycles. The van der Waals surface area contributed by atoms with E-state index in [2.05, 4.69) is 5.10 Å². The van der Waals surface area contributed by atoms with E-state index in [0.29, 0.717) is 40.8 Å². The zero-order chi connectivity index (χ0) is 35.2. The van der Waals surface area contributed by atoms with Crippen molar-refractivity contribution in [3.8, 4) is 5.69 Å². The van der Waals surface area contributed by atoms with Crippen molar-refractivity contribution < 1.29 is 24.7 Å². The number of anilines is 1. The molecule has 2 amide bonds. The number of fused-ring (bicyclic) bond motifs is 3. The van der Waals surface area contributed by atoms with Crippen LogP contribution in [0.5, 0.6) is 0 Å². The van der Waals surface area contributed by atoms with Gasteiger partial charge in [0.15, 0.2) is 5.60 Å². The second-order valence-corrected chi connectivity index (χ2v) is 12.8. The second-order valence-electron chi connectivity index (χ2n) is 12.8. The third-order valence-electron chi connectivity index (χ3n) is 9.83. The maximum Gasteiger partial charge on any atom is 0.279 e. The van der Waals surface area contributed by atoms with Crippen molar-refractivity contribution in [3.63, 3.8) is 0 Å². The van der Waals surface area contributed by atoms with E-state index in [-0.39, 0.29) is 48.3 Å². The molecule has 3 N–H and O–H groups in total. The number of para-hydroxylation sites is 1. The SMILES string of the molecule is C[C@H](/C=C/CC(=O)N1Cc2ccccc2C[C@H]1CO)[C@@]1(O)C(=O)N(Cc2cccc(-n3[nH]c4ccccc4c3=O)c2)c2ccc([N+](=O)[O-])cc21. The zero-order valence-corrected chi connectivity index (χ0v) is 27.2. The van der Waals surface area contributed by atoms with Crippen LogP contribution in [0, 0.1) is 16.0 Å². The molecule has 2 aliphatic rings. The number of nitro benzene ring substituents is 1. The van der Waals surface area contributed by atoms with E-state index in [9.17, 15) is 34.7 Å². The minimum absolute atomic E-state index is 0.0165. The number of hydrogen-bond donors (Lipinski definition) is 3. The molecule has 7 rings (SSSR count). The molecule has 1 aromatic heterocycles. The molecule has 0 radical (unpaired) electrons. The van der Waals surface area contributed by atoms with E-state index in [4.69, 9.17) is 0 Å². The summed E-state index contributed by atoms with van der Waals surface area (Å²) in [4.78, 5) is 54.8. The highest BCUT2D eigenvalue weighted by molar-refractivity contribution is 6.07. The highest BCUT2D eigenvalue weighted by Gasteiger charge is 2.53. The Morgan fingerprint density at radius 2 is 1.80 bits per heavy atom. The molecule has 254 valence electrons. The predicted octanol–water partition coefficient (Wildman–Crippen LogP) is 4.49. The van der Waals surface area contributed by atoms with Crippen LogP contribution in [0.4, 0.5) is 11.4 Å². The van der Waals surface area contributed by atoms with Gasteiger partial charge < -0.3 is 20.0 Å². The number of aromatic nitrogens is 2. The van der Waals surface area contributed by atoms with Crippen LogP contribution in [-0.4, -0.2) is 54.3 Å². The first-order chi connectivity index (χ1) is 24.1. The maximum atomic E-state index is 14.2. The number of aliphatic hydroxyl groups excluding tert-OH is 1. The number of benzene rings is 4. The molecule has 12 nitrogen and oxygen atoms in total. The summed E-state index contributed by atoms with van der Waals surface area (Å²) in [7, 11) is 0. The third-order valence-corrected chi connectivity index (χ3v) is 9.83. The molecule has 0 saturated heterocycles. The fraction of sp³-hybridized carbons (Fsp3) is 0.237. The molecule has 50 heavy (non-hydrogen) atoms. The Kier molecular flexibility index (Phi) is 8.42. The molecule has 0 aliphatic carbocycles. The fourth-order valence-electron chi connectivity index (χ4n) is 7.09. The van der Waals surface area contributed by atoms with E-state index < -0.39 is 22.3 Å².